The van der Waals surface area contributed by atoms with E-state index >= 15 is 0 Å². The van der Waals surface area contributed by atoms with Crippen LogP contribution in [0.1, 0.15) is 38.3 Å². The van der Waals surface area contributed by atoms with Crippen molar-refractivity contribution in [2.75, 3.05) is 32.1 Å². The Morgan fingerprint density at radius 2 is 1.76 bits per heavy atom. The molecule has 0 amide bonds. The van der Waals surface area contributed by atoms with Gasteiger partial charge in [-0.05, 0) is 57.5 Å². The molecule has 4 nitrogen and oxygen atoms in total. The molecule has 1 unspecified atom stereocenters. The Balaban J connectivity index is 2.01. The highest BCUT2D eigenvalue weighted by molar-refractivity contribution is 5.74. The van der Waals surface area contributed by atoms with Crippen LogP contribution in [0.4, 0.5) is 5.69 Å². The van der Waals surface area contributed by atoms with E-state index in [-0.39, 0.29) is 0 Å². The van der Waals surface area contributed by atoms with Crippen molar-refractivity contribution in [2.24, 2.45) is 5.41 Å². The van der Waals surface area contributed by atoms with Crippen molar-refractivity contribution >= 4 is 11.7 Å². The molecule has 1 atom stereocenters. The lowest BCUT2D eigenvalue weighted by Gasteiger charge is -2.39. The van der Waals surface area contributed by atoms with E-state index < -0.39 is 11.4 Å². The van der Waals surface area contributed by atoms with Crippen LogP contribution in [0.3, 0.4) is 0 Å². The molecule has 0 aliphatic carbocycles. The molecule has 21 heavy (non-hydrogen) atoms. The number of nitrogens with zero attached hydrogens (tertiary/aromatic N) is 2. The van der Waals surface area contributed by atoms with Crippen LogP contribution in [0.25, 0.3) is 0 Å². The molecule has 1 heterocycles. The SMILES string of the molecule is CC(c1ccc(N(C)C)cc1)N1CCC(C)(C(=O)O)CC1. The van der Waals surface area contributed by atoms with Gasteiger partial charge in [0.2, 0.25) is 0 Å². The van der Waals surface area contributed by atoms with Crippen LogP contribution in [-0.4, -0.2) is 43.2 Å². The monoisotopic (exact) mass is 290 g/mol. The van der Waals surface area contributed by atoms with E-state index in [1.54, 1.807) is 0 Å². The van der Waals surface area contributed by atoms with Crippen molar-refractivity contribution in [3.05, 3.63) is 29.8 Å². The Morgan fingerprint density at radius 3 is 2.19 bits per heavy atom. The quantitative estimate of drug-likeness (QED) is 0.926. The van der Waals surface area contributed by atoms with E-state index in [0.29, 0.717) is 6.04 Å². The standard InChI is InChI=1S/C17H26N2O2/c1-13(14-5-7-15(8-6-14)18(3)4)19-11-9-17(2,10-12-19)16(20)21/h5-8,13H,9-12H2,1-4H3,(H,20,21). The fraction of sp³-hybridized carbons (Fsp3) is 0.588. The second kappa shape index (κ2) is 6.06. The third kappa shape index (κ3) is 3.38. The number of carbonyl (C=O) groups is 1. The van der Waals surface area contributed by atoms with Gasteiger partial charge in [-0.3, -0.25) is 9.69 Å². The van der Waals surface area contributed by atoms with Crippen molar-refractivity contribution in [1.82, 2.24) is 4.90 Å². The van der Waals surface area contributed by atoms with E-state index in [9.17, 15) is 9.90 Å². The lowest BCUT2D eigenvalue weighted by Crippen LogP contribution is -2.43. The number of carboxylic acid groups (broad SMARTS) is 1. The number of rotatable bonds is 4. The van der Waals surface area contributed by atoms with Gasteiger partial charge in [0, 0.05) is 25.8 Å². The van der Waals surface area contributed by atoms with Gasteiger partial charge in [0.1, 0.15) is 0 Å². The molecule has 0 bridgehead atoms. The van der Waals surface area contributed by atoms with Crippen molar-refractivity contribution in [1.29, 1.82) is 0 Å². The van der Waals surface area contributed by atoms with E-state index in [1.807, 2.05) is 21.0 Å². The third-order valence-corrected chi connectivity index (χ3v) is 4.86. The predicted octanol–water partition coefficient (Wildman–Crippen LogP) is 3.00. The molecule has 2 rings (SSSR count). The van der Waals surface area contributed by atoms with E-state index in [1.165, 1.54) is 11.3 Å². The van der Waals surface area contributed by atoms with Crippen LogP contribution in [0, 0.1) is 5.41 Å². The molecule has 0 saturated carbocycles. The number of carboxylic acids is 1. The Bertz CT molecular complexity index is 488. The van der Waals surface area contributed by atoms with Crippen molar-refractivity contribution in [3.8, 4) is 0 Å². The van der Waals surface area contributed by atoms with Crippen LogP contribution in [0.5, 0.6) is 0 Å². The van der Waals surface area contributed by atoms with Crippen LogP contribution >= 0.6 is 0 Å². The van der Waals surface area contributed by atoms with Crippen LogP contribution in [-0.2, 0) is 4.79 Å². The van der Waals surface area contributed by atoms with E-state index in [0.717, 1.165) is 25.9 Å². The van der Waals surface area contributed by atoms with Gasteiger partial charge in [-0.25, -0.2) is 0 Å². The smallest absolute Gasteiger partial charge is 0.309 e. The summed E-state index contributed by atoms with van der Waals surface area (Å²) in [6.45, 7) is 5.76. The minimum Gasteiger partial charge on any atom is -0.481 e. The second-order valence-electron chi connectivity index (χ2n) is 6.56. The Morgan fingerprint density at radius 1 is 1.24 bits per heavy atom. The maximum atomic E-state index is 11.3. The number of aliphatic carboxylic acids is 1. The van der Waals surface area contributed by atoms with Crippen molar-refractivity contribution < 1.29 is 9.90 Å². The first kappa shape index (κ1) is 15.8. The molecule has 1 aromatic rings. The summed E-state index contributed by atoms with van der Waals surface area (Å²) < 4.78 is 0. The lowest BCUT2D eigenvalue weighted by molar-refractivity contribution is -0.151. The molecule has 1 aliphatic heterocycles. The van der Waals surface area contributed by atoms with Gasteiger partial charge in [0.15, 0.2) is 0 Å². The first-order valence-corrected chi connectivity index (χ1v) is 7.58. The molecule has 0 aromatic heterocycles. The minimum absolute atomic E-state index is 0.333. The highest BCUT2D eigenvalue weighted by Gasteiger charge is 2.37. The molecule has 1 N–H and O–H groups in total. The Hall–Kier alpha value is -1.55. The van der Waals surface area contributed by atoms with E-state index in [2.05, 4.69) is 41.0 Å². The summed E-state index contributed by atoms with van der Waals surface area (Å²) in [5, 5.41) is 9.30. The van der Waals surface area contributed by atoms with Gasteiger partial charge in [-0.2, -0.15) is 0 Å². The van der Waals surface area contributed by atoms with Crippen molar-refractivity contribution in [3.63, 3.8) is 0 Å². The molecule has 1 aromatic carbocycles. The summed E-state index contributed by atoms with van der Waals surface area (Å²) >= 11 is 0. The zero-order valence-electron chi connectivity index (χ0n) is 13.5. The van der Waals surface area contributed by atoms with Crippen molar-refractivity contribution in [2.45, 2.75) is 32.7 Å². The summed E-state index contributed by atoms with van der Waals surface area (Å²) in [4.78, 5) is 15.8. The number of likely N-dealkylation sites (tertiary alicyclic amines) is 1. The van der Waals surface area contributed by atoms with Gasteiger partial charge in [0.25, 0.3) is 0 Å². The zero-order chi connectivity index (χ0) is 15.6. The summed E-state index contributed by atoms with van der Waals surface area (Å²) in [5.74, 6) is -0.662. The zero-order valence-corrected chi connectivity index (χ0v) is 13.5. The number of benzene rings is 1. The molecule has 116 valence electrons. The lowest BCUT2D eigenvalue weighted by atomic mass is 9.80. The maximum absolute atomic E-state index is 11.3. The normalized spacial score (nSPS) is 20.0. The molecule has 1 aliphatic rings. The highest BCUT2D eigenvalue weighted by atomic mass is 16.4. The average molecular weight is 290 g/mol. The molecule has 1 fully saturated rings. The summed E-state index contributed by atoms with van der Waals surface area (Å²) in [5.41, 5.74) is 1.94. The maximum Gasteiger partial charge on any atom is 0.309 e. The third-order valence-electron chi connectivity index (χ3n) is 4.86. The summed E-state index contributed by atoms with van der Waals surface area (Å²) in [6, 6.07) is 8.95. The van der Waals surface area contributed by atoms with Gasteiger partial charge in [-0.15, -0.1) is 0 Å². The van der Waals surface area contributed by atoms with Crippen LogP contribution in [0.2, 0.25) is 0 Å². The number of anilines is 1. The molecule has 0 spiro atoms. The molecular weight excluding hydrogens is 264 g/mol. The Kier molecular flexibility index (Phi) is 4.57. The van der Waals surface area contributed by atoms with Crippen LogP contribution < -0.4 is 4.90 Å². The molecule has 4 heteroatoms. The highest BCUT2D eigenvalue weighted by Crippen LogP contribution is 2.34. The molecule has 0 radical (unpaired) electrons. The summed E-state index contributed by atoms with van der Waals surface area (Å²) in [7, 11) is 4.08. The summed E-state index contributed by atoms with van der Waals surface area (Å²) in [6.07, 6.45) is 1.45. The Labute approximate surface area is 127 Å². The van der Waals surface area contributed by atoms with Gasteiger partial charge < -0.3 is 10.0 Å². The van der Waals surface area contributed by atoms with Crippen LogP contribution in [0.15, 0.2) is 24.3 Å². The number of piperidine rings is 1. The van der Waals surface area contributed by atoms with Gasteiger partial charge in [-0.1, -0.05) is 12.1 Å². The first-order chi connectivity index (χ1) is 9.83. The first-order valence-electron chi connectivity index (χ1n) is 7.58. The molecular formula is C17H26N2O2. The van der Waals surface area contributed by atoms with Gasteiger partial charge in [0.05, 0.1) is 5.41 Å². The minimum atomic E-state index is -0.662. The molecule has 1 saturated heterocycles. The largest absolute Gasteiger partial charge is 0.481 e. The fourth-order valence-electron chi connectivity index (χ4n) is 2.88. The average Bonchev–Trinajstić information content (AvgIpc) is 2.47. The number of hydrogen-bond donors (Lipinski definition) is 1. The number of hydrogen-bond acceptors (Lipinski definition) is 3. The second-order valence-corrected chi connectivity index (χ2v) is 6.56. The van der Waals surface area contributed by atoms with E-state index in [4.69, 9.17) is 0 Å². The van der Waals surface area contributed by atoms with Gasteiger partial charge >= 0.3 is 5.97 Å². The topological polar surface area (TPSA) is 43.8 Å². The predicted molar refractivity (Wildman–Crippen MR) is 85.7 cm³/mol. The fourth-order valence-corrected chi connectivity index (χ4v) is 2.88.